The normalized spacial score (nSPS) is 9.56. The smallest absolute Gasteiger partial charge is 0.0739 e. The molecule has 0 spiro atoms. The van der Waals surface area contributed by atoms with Crippen LogP contribution in [0.2, 0.25) is 0 Å². The summed E-state index contributed by atoms with van der Waals surface area (Å²) in [5.74, 6) is 0. The third kappa shape index (κ3) is 1.58. The van der Waals surface area contributed by atoms with Crippen LogP contribution in [-0.2, 0) is 0 Å². The molecule has 0 aromatic heterocycles. The fourth-order valence-electron chi connectivity index (χ4n) is 0.612. The third-order valence-corrected chi connectivity index (χ3v) is 3.39. The van der Waals surface area contributed by atoms with E-state index in [4.69, 9.17) is 0 Å². The minimum Gasteiger partial charge on any atom is -0.0739 e. The summed E-state index contributed by atoms with van der Waals surface area (Å²) in [4.78, 5) is 0. The van der Waals surface area contributed by atoms with Gasteiger partial charge in [0, 0.05) is 8.95 Å². The minimum atomic E-state index is 1.11. The fourth-order valence-corrected chi connectivity index (χ4v) is 1.34. The van der Waals surface area contributed by atoms with Crippen LogP contribution >= 0.6 is 31.9 Å². The predicted octanol–water partition coefficient (Wildman–Crippen LogP) is 1.47. The summed E-state index contributed by atoms with van der Waals surface area (Å²) in [6.07, 6.45) is 0. The molecule has 0 radical (unpaired) electrons. The first-order valence-electron chi connectivity index (χ1n) is 2.62. The lowest BCUT2D eigenvalue weighted by Crippen LogP contribution is -2.02. The Morgan fingerprint density at radius 1 is 1.22 bits per heavy atom. The molecule has 0 heterocycles. The summed E-state index contributed by atoms with van der Waals surface area (Å²) in [6.45, 7) is 0. The first-order valence-corrected chi connectivity index (χ1v) is 4.21. The molecule has 0 amide bonds. The molecule has 46 valence electrons. The van der Waals surface area contributed by atoms with Gasteiger partial charge in [0.1, 0.15) is 7.85 Å². The van der Waals surface area contributed by atoms with Crippen LogP contribution < -0.4 is 5.46 Å². The molecular weight excluding hydrogens is 243 g/mol. The van der Waals surface area contributed by atoms with Crippen molar-refractivity contribution in [1.29, 1.82) is 0 Å². The van der Waals surface area contributed by atoms with Crippen LogP contribution in [0.1, 0.15) is 0 Å². The van der Waals surface area contributed by atoms with Crippen molar-refractivity contribution in [2.45, 2.75) is 0 Å². The van der Waals surface area contributed by atoms with Crippen molar-refractivity contribution in [2.75, 3.05) is 0 Å². The van der Waals surface area contributed by atoms with E-state index in [0.29, 0.717) is 0 Å². The third-order valence-electron chi connectivity index (χ3n) is 1.14. The topological polar surface area (TPSA) is 0 Å². The first kappa shape index (κ1) is 7.35. The van der Waals surface area contributed by atoms with Crippen LogP contribution in [-0.4, -0.2) is 7.85 Å². The maximum atomic E-state index is 3.43. The fraction of sp³-hybridized carbons (Fsp3) is 0. The van der Waals surface area contributed by atoms with Gasteiger partial charge in [0.15, 0.2) is 0 Å². The summed E-state index contributed by atoms with van der Waals surface area (Å²) in [6, 6.07) is 6.09. The van der Waals surface area contributed by atoms with Gasteiger partial charge in [-0.05, 0) is 22.0 Å². The van der Waals surface area contributed by atoms with Crippen molar-refractivity contribution in [3.63, 3.8) is 0 Å². The van der Waals surface area contributed by atoms with Crippen LogP contribution in [0.4, 0.5) is 0 Å². The summed E-state index contributed by atoms with van der Waals surface area (Å²) >= 11 is 6.83. The molecule has 0 bridgehead atoms. The molecule has 0 fully saturated rings. The molecule has 1 rings (SSSR count). The van der Waals surface area contributed by atoms with Gasteiger partial charge in [-0.3, -0.25) is 0 Å². The van der Waals surface area contributed by atoms with Crippen molar-refractivity contribution in [3.8, 4) is 0 Å². The highest BCUT2D eigenvalue weighted by molar-refractivity contribution is 9.13. The standard InChI is InChI=1S/C6H5BBr2/c7-4-2-1-3-5(8)6(4)9/h1-3H,7H2. The number of benzene rings is 1. The molecule has 0 aliphatic heterocycles. The van der Waals surface area contributed by atoms with Crippen LogP contribution in [0.3, 0.4) is 0 Å². The van der Waals surface area contributed by atoms with Gasteiger partial charge in [-0.25, -0.2) is 0 Å². The first-order chi connectivity index (χ1) is 4.22. The average Bonchev–Trinajstić information content (AvgIpc) is 1.83. The van der Waals surface area contributed by atoms with Crippen LogP contribution in [0.25, 0.3) is 0 Å². The molecule has 0 unspecified atom stereocenters. The number of hydrogen-bond donors (Lipinski definition) is 0. The van der Waals surface area contributed by atoms with Crippen LogP contribution in [0.5, 0.6) is 0 Å². The van der Waals surface area contributed by atoms with E-state index in [1.165, 1.54) is 5.46 Å². The number of halogens is 2. The molecule has 3 heteroatoms. The summed E-state index contributed by atoms with van der Waals surface area (Å²) in [5.41, 5.74) is 1.25. The number of rotatable bonds is 0. The van der Waals surface area contributed by atoms with Gasteiger partial charge in [-0.2, -0.15) is 0 Å². The van der Waals surface area contributed by atoms with E-state index >= 15 is 0 Å². The molecule has 0 saturated carbocycles. The second-order valence-corrected chi connectivity index (χ2v) is 3.52. The zero-order valence-electron chi connectivity index (χ0n) is 4.99. The van der Waals surface area contributed by atoms with Gasteiger partial charge in [0.2, 0.25) is 0 Å². The molecule has 0 aliphatic carbocycles. The molecule has 0 N–H and O–H groups in total. The molecular formula is C6H5BBr2. The second kappa shape index (κ2) is 2.89. The summed E-state index contributed by atoms with van der Waals surface area (Å²) < 4.78 is 2.26. The molecule has 1 aromatic carbocycles. The lowest BCUT2D eigenvalue weighted by atomic mass is 9.97. The van der Waals surface area contributed by atoms with E-state index in [2.05, 4.69) is 45.8 Å². The largest absolute Gasteiger partial charge is 0.140 e. The van der Waals surface area contributed by atoms with E-state index in [-0.39, 0.29) is 0 Å². The summed E-state index contributed by atoms with van der Waals surface area (Å²) in [5, 5.41) is 0. The highest BCUT2D eigenvalue weighted by Gasteiger charge is 1.95. The van der Waals surface area contributed by atoms with Crippen molar-refractivity contribution >= 4 is 45.2 Å². The monoisotopic (exact) mass is 246 g/mol. The van der Waals surface area contributed by atoms with Crippen LogP contribution in [0.15, 0.2) is 27.1 Å². The Bertz CT molecular complexity index is 202. The molecule has 0 saturated heterocycles. The van der Waals surface area contributed by atoms with Gasteiger partial charge in [-0.1, -0.05) is 33.5 Å². The van der Waals surface area contributed by atoms with Gasteiger partial charge >= 0.3 is 0 Å². The Kier molecular flexibility index (Phi) is 2.36. The van der Waals surface area contributed by atoms with E-state index in [1.807, 2.05) is 12.1 Å². The highest BCUT2D eigenvalue weighted by atomic mass is 79.9. The van der Waals surface area contributed by atoms with E-state index in [1.54, 1.807) is 0 Å². The van der Waals surface area contributed by atoms with Crippen molar-refractivity contribution in [1.82, 2.24) is 0 Å². The molecule has 0 nitrogen and oxygen atoms in total. The lowest BCUT2D eigenvalue weighted by molar-refractivity contribution is 1.64. The van der Waals surface area contributed by atoms with E-state index in [0.717, 1.165) is 8.95 Å². The van der Waals surface area contributed by atoms with Crippen molar-refractivity contribution in [3.05, 3.63) is 27.1 Å². The van der Waals surface area contributed by atoms with Gasteiger partial charge in [-0.15, -0.1) is 0 Å². The Morgan fingerprint density at radius 3 is 2.33 bits per heavy atom. The Labute approximate surface area is 72.3 Å². The SMILES string of the molecule is Bc1cccc(Br)c1Br. The zero-order chi connectivity index (χ0) is 6.85. The lowest BCUT2D eigenvalue weighted by Gasteiger charge is -1.97. The van der Waals surface area contributed by atoms with E-state index in [9.17, 15) is 0 Å². The predicted molar refractivity (Wildman–Crippen MR) is 50.0 cm³/mol. The Balaban J connectivity index is 3.25. The van der Waals surface area contributed by atoms with Gasteiger partial charge in [0.05, 0.1) is 0 Å². The van der Waals surface area contributed by atoms with Gasteiger partial charge in [0.25, 0.3) is 0 Å². The van der Waals surface area contributed by atoms with Gasteiger partial charge < -0.3 is 0 Å². The quantitative estimate of drug-likeness (QED) is 0.609. The Morgan fingerprint density at radius 2 is 1.89 bits per heavy atom. The summed E-state index contributed by atoms with van der Waals surface area (Å²) in [7, 11) is 2.06. The van der Waals surface area contributed by atoms with Crippen LogP contribution in [0, 0.1) is 0 Å². The highest BCUT2D eigenvalue weighted by Crippen LogP contribution is 2.18. The maximum absolute atomic E-state index is 3.43. The zero-order valence-corrected chi connectivity index (χ0v) is 8.16. The second-order valence-electron chi connectivity index (χ2n) is 1.87. The van der Waals surface area contributed by atoms with E-state index < -0.39 is 0 Å². The van der Waals surface area contributed by atoms with Crippen molar-refractivity contribution < 1.29 is 0 Å². The molecule has 0 aliphatic rings. The average molecular weight is 248 g/mol. The minimum absolute atomic E-state index is 1.11. The van der Waals surface area contributed by atoms with Crippen molar-refractivity contribution in [2.24, 2.45) is 0 Å². The number of hydrogen-bond acceptors (Lipinski definition) is 0. The Hall–Kier alpha value is 0.245. The maximum Gasteiger partial charge on any atom is 0.140 e. The molecule has 1 aromatic rings. The molecule has 9 heavy (non-hydrogen) atoms. The molecule has 0 atom stereocenters.